The van der Waals surface area contributed by atoms with Gasteiger partial charge in [-0.1, -0.05) is 49.8 Å². The van der Waals surface area contributed by atoms with Crippen LogP contribution in [-0.2, 0) is 6.54 Å². The van der Waals surface area contributed by atoms with E-state index in [-0.39, 0.29) is 12.1 Å². The van der Waals surface area contributed by atoms with E-state index in [0.717, 1.165) is 32.5 Å². The van der Waals surface area contributed by atoms with Gasteiger partial charge in [-0.25, -0.2) is 4.79 Å². The third-order valence-corrected chi connectivity index (χ3v) is 4.51. The molecule has 23 heavy (non-hydrogen) atoms. The van der Waals surface area contributed by atoms with Crippen molar-refractivity contribution < 1.29 is 4.79 Å². The fraction of sp³-hybridized carbons (Fsp3) is 0.526. The van der Waals surface area contributed by atoms with Gasteiger partial charge >= 0.3 is 6.03 Å². The topological polar surface area (TPSA) is 44.4 Å². The van der Waals surface area contributed by atoms with Crippen LogP contribution in [0.5, 0.6) is 0 Å². The Kier molecular flexibility index (Phi) is 6.66. The van der Waals surface area contributed by atoms with Crippen molar-refractivity contribution >= 4 is 6.03 Å². The zero-order valence-corrected chi connectivity index (χ0v) is 14.5. The number of nitrogens with one attached hydrogen (secondary N) is 2. The molecule has 2 amide bonds. The fourth-order valence-corrected chi connectivity index (χ4v) is 2.65. The first-order valence-corrected chi connectivity index (χ1v) is 8.54. The molecule has 2 rings (SSSR count). The number of rotatable bonds is 5. The summed E-state index contributed by atoms with van der Waals surface area (Å²) in [6.45, 7) is 9.33. The first-order valence-electron chi connectivity index (χ1n) is 8.54. The molecule has 0 aromatic heterocycles. The minimum absolute atomic E-state index is 0.0912. The van der Waals surface area contributed by atoms with E-state index in [4.69, 9.17) is 0 Å². The predicted octanol–water partition coefficient (Wildman–Crippen LogP) is 3.51. The second kappa shape index (κ2) is 8.73. The van der Waals surface area contributed by atoms with Gasteiger partial charge in [-0.15, -0.1) is 0 Å². The number of carbonyl (C=O) groups is 1. The molecule has 1 aliphatic rings. The van der Waals surface area contributed by atoms with Crippen LogP contribution in [0.4, 0.5) is 4.79 Å². The largest absolute Gasteiger partial charge is 0.335 e. The number of amides is 2. The molecule has 126 valence electrons. The van der Waals surface area contributed by atoms with Crippen molar-refractivity contribution in [3.05, 3.63) is 47.7 Å². The van der Waals surface area contributed by atoms with Crippen LogP contribution in [0.15, 0.2) is 42.1 Å². The van der Waals surface area contributed by atoms with E-state index in [2.05, 4.69) is 53.6 Å². The van der Waals surface area contributed by atoms with Crippen molar-refractivity contribution in [2.24, 2.45) is 5.92 Å². The Morgan fingerprint density at radius 1 is 1.26 bits per heavy atom. The SMILES string of the molecule is C/C(=C\NC(=O)NC1CCN(Cc2ccccc2)CC1)C(C)C. The number of piperidine rings is 1. The summed E-state index contributed by atoms with van der Waals surface area (Å²) in [7, 11) is 0. The number of hydrogen-bond acceptors (Lipinski definition) is 2. The van der Waals surface area contributed by atoms with E-state index in [1.54, 1.807) is 0 Å². The van der Waals surface area contributed by atoms with E-state index in [9.17, 15) is 4.79 Å². The summed E-state index contributed by atoms with van der Waals surface area (Å²) in [6, 6.07) is 10.7. The normalized spacial score (nSPS) is 17.3. The Morgan fingerprint density at radius 3 is 2.52 bits per heavy atom. The van der Waals surface area contributed by atoms with E-state index in [0.29, 0.717) is 5.92 Å². The summed E-state index contributed by atoms with van der Waals surface area (Å²) >= 11 is 0. The molecular weight excluding hydrogens is 286 g/mol. The Hall–Kier alpha value is -1.81. The molecule has 1 heterocycles. The van der Waals surface area contributed by atoms with E-state index < -0.39 is 0 Å². The van der Waals surface area contributed by atoms with Gasteiger partial charge in [0, 0.05) is 31.9 Å². The van der Waals surface area contributed by atoms with Crippen molar-refractivity contribution in [2.75, 3.05) is 13.1 Å². The maximum absolute atomic E-state index is 11.9. The standard InChI is InChI=1S/C19H29N3O/c1-15(2)16(3)13-20-19(23)21-18-9-11-22(12-10-18)14-17-7-5-4-6-8-17/h4-8,13,15,18H,9-12,14H2,1-3H3,(H2,20,21,23)/b16-13+. The smallest absolute Gasteiger partial charge is 0.318 e. The molecule has 0 bridgehead atoms. The number of carbonyl (C=O) groups excluding carboxylic acids is 1. The van der Waals surface area contributed by atoms with Crippen LogP contribution in [0.25, 0.3) is 0 Å². The van der Waals surface area contributed by atoms with Gasteiger partial charge in [-0.3, -0.25) is 4.90 Å². The lowest BCUT2D eigenvalue weighted by Gasteiger charge is -2.32. The number of urea groups is 1. The maximum atomic E-state index is 11.9. The summed E-state index contributed by atoms with van der Waals surface area (Å²) in [4.78, 5) is 14.4. The molecule has 1 saturated heterocycles. The highest BCUT2D eigenvalue weighted by Gasteiger charge is 2.20. The molecule has 0 spiro atoms. The Morgan fingerprint density at radius 2 is 1.91 bits per heavy atom. The van der Waals surface area contributed by atoms with Crippen LogP contribution >= 0.6 is 0 Å². The van der Waals surface area contributed by atoms with Crippen molar-refractivity contribution in [3.63, 3.8) is 0 Å². The van der Waals surface area contributed by atoms with Crippen LogP contribution in [-0.4, -0.2) is 30.1 Å². The van der Waals surface area contributed by atoms with Gasteiger partial charge in [0.05, 0.1) is 0 Å². The van der Waals surface area contributed by atoms with Gasteiger partial charge in [0.1, 0.15) is 0 Å². The highest BCUT2D eigenvalue weighted by atomic mass is 16.2. The Labute approximate surface area is 140 Å². The number of hydrogen-bond donors (Lipinski definition) is 2. The molecule has 2 N–H and O–H groups in total. The highest BCUT2D eigenvalue weighted by Crippen LogP contribution is 2.13. The highest BCUT2D eigenvalue weighted by molar-refractivity contribution is 5.75. The van der Waals surface area contributed by atoms with E-state index in [1.165, 1.54) is 11.1 Å². The molecule has 1 aromatic rings. The molecule has 4 heteroatoms. The maximum Gasteiger partial charge on any atom is 0.318 e. The lowest BCUT2D eigenvalue weighted by atomic mass is 10.0. The first kappa shape index (κ1) is 17.5. The zero-order valence-electron chi connectivity index (χ0n) is 14.5. The van der Waals surface area contributed by atoms with Crippen LogP contribution in [0.1, 0.15) is 39.2 Å². The summed E-state index contributed by atoms with van der Waals surface area (Å²) in [5, 5.41) is 5.91. The number of likely N-dealkylation sites (tertiary alicyclic amines) is 1. The van der Waals surface area contributed by atoms with Gasteiger partial charge in [0.25, 0.3) is 0 Å². The van der Waals surface area contributed by atoms with Gasteiger partial charge in [0.15, 0.2) is 0 Å². The van der Waals surface area contributed by atoms with Gasteiger partial charge in [-0.05, 0) is 31.2 Å². The molecule has 0 saturated carbocycles. The van der Waals surface area contributed by atoms with Crippen molar-refractivity contribution in [1.29, 1.82) is 0 Å². The van der Waals surface area contributed by atoms with E-state index >= 15 is 0 Å². The number of nitrogens with zero attached hydrogens (tertiary/aromatic N) is 1. The molecular formula is C19H29N3O. The quantitative estimate of drug-likeness (QED) is 0.873. The third kappa shape index (κ3) is 6.06. The van der Waals surface area contributed by atoms with Gasteiger partial charge in [0.2, 0.25) is 0 Å². The molecule has 1 aliphatic heterocycles. The number of benzene rings is 1. The average molecular weight is 315 g/mol. The fourth-order valence-electron chi connectivity index (χ4n) is 2.65. The summed E-state index contributed by atoms with van der Waals surface area (Å²) in [5.41, 5.74) is 2.53. The van der Waals surface area contributed by atoms with Crippen LogP contribution in [0.2, 0.25) is 0 Å². The predicted molar refractivity (Wildman–Crippen MR) is 95.0 cm³/mol. The zero-order chi connectivity index (χ0) is 16.7. The summed E-state index contributed by atoms with van der Waals surface area (Å²) < 4.78 is 0. The average Bonchev–Trinajstić information content (AvgIpc) is 2.55. The van der Waals surface area contributed by atoms with Crippen molar-refractivity contribution in [2.45, 2.75) is 46.2 Å². The lowest BCUT2D eigenvalue weighted by Crippen LogP contribution is -2.46. The molecule has 4 nitrogen and oxygen atoms in total. The minimum Gasteiger partial charge on any atom is -0.335 e. The molecule has 0 radical (unpaired) electrons. The molecule has 0 unspecified atom stereocenters. The molecule has 0 aliphatic carbocycles. The Bertz CT molecular complexity index is 517. The van der Waals surface area contributed by atoms with Crippen molar-refractivity contribution in [1.82, 2.24) is 15.5 Å². The number of allylic oxidation sites excluding steroid dienone is 1. The van der Waals surface area contributed by atoms with Gasteiger partial charge < -0.3 is 10.6 Å². The van der Waals surface area contributed by atoms with Gasteiger partial charge in [-0.2, -0.15) is 0 Å². The molecule has 1 fully saturated rings. The monoisotopic (exact) mass is 315 g/mol. The van der Waals surface area contributed by atoms with E-state index in [1.807, 2.05) is 19.2 Å². The second-order valence-electron chi connectivity index (χ2n) is 6.70. The summed E-state index contributed by atoms with van der Waals surface area (Å²) in [6.07, 6.45) is 3.82. The van der Waals surface area contributed by atoms with Crippen molar-refractivity contribution in [3.8, 4) is 0 Å². The van der Waals surface area contributed by atoms with Crippen LogP contribution in [0.3, 0.4) is 0 Å². The van der Waals surface area contributed by atoms with Crippen LogP contribution in [0, 0.1) is 5.92 Å². The summed E-state index contributed by atoms with van der Waals surface area (Å²) in [5.74, 6) is 0.455. The Balaban J connectivity index is 1.70. The molecule has 1 aromatic carbocycles. The molecule has 0 atom stereocenters. The first-order chi connectivity index (χ1) is 11.0. The minimum atomic E-state index is -0.0912. The second-order valence-corrected chi connectivity index (χ2v) is 6.70. The van der Waals surface area contributed by atoms with Crippen LogP contribution < -0.4 is 10.6 Å². The lowest BCUT2D eigenvalue weighted by molar-refractivity contribution is 0.187. The third-order valence-electron chi connectivity index (χ3n) is 4.51.